The minimum Gasteiger partial charge on any atom is -0.194 e. The molecule has 0 bridgehead atoms. The molecule has 0 N–H and O–H groups in total. The van der Waals surface area contributed by atoms with E-state index in [2.05, 4.69) is 0 Å². The second-order valence-corrected chi connectivity index (χ2v) is 4.47. The minimum absolute atomic E-state index is 0.491. The summed E-state index contributed by atoms with van der Waals surface area (Å²) in [5, 5.41) is 0. The van der Waals surface area contributed by atoms with E-state index < -0.39 is 16.0 Å². The average molecular weight is 202 g/mol. The van der Waals surface area contributed by atoms with Crippen LogP contribution in [0.5, 0.6) is 0 Å². The van der Waals surface area contributed by atoms with E-state index in [9.17, 15) is 12.3 Å². The van der Waals surface area contributed by atoms with Crippen molar-refractivity contribution in [1.82, 2.24) is 0 Å². The molecule has 0 aliphatic rings. The molecule has 0 radical (unpaired) electrons. The lowest BCUT2D eigenvalue weighted by molar-refractivity contribution is 0.551. The molecule has 1 aromatic rings. The van der Waals surface area contributed by atoms with Crippen LogP contribution in [-0.4, -0.2) is 8.42 Å². The molecular formula is C9H11FO2S. The fraction of sp³-hybridized carbons (Fsp3) is 0.333. The second kappa shape index (κ2) is 3.46. The van der Waals surface area contributed by atoms with Gasteiger partial charge in [0.2, 0.25) is 0 Å². The van der Waals surface area contributed by atoms with Crippen LogP contribution in [-0.2, 0) is 16.0 Å². The third kappa shape index (κ3) is 3.14. The van der Waals surface area contributed by atoms with Gasteiger partial charge in [-0.2, -0.15) is 8.42 Å². The molecule has 0 aromatic heterocycles. The van der Waals surface area contributed by atoms with E-state index in [1.165, 1.54) is 0 Å². The highest BCUT2D eigenvalue weighted by atomic mass is 32.3. The standard InChI is InChI=1S/C9H11FO2S/c1-7-3-4-9(5-8(7)2)6-13(10,11)12/h3-5H,6H2,1-2H3. The molecule has 72 valence electrons. The molecule has 0 aliphatic carbocycles. The second-order valence-electron chi connectivity index (χ2n) is 3.10. The predicted octanol–water partition coefficient (Wildman–Crippen LogP) is 2.10. The first-order valence-electron chi connectivity index (χ1n) is 3.87. The zero-order valence-electron chi connectivity index (χ0n) is 7.54. The average Bonchev–Trinajstić information content (AvgIpc) is 1.94. The van der Waals surface area contributed by atoms with Crippen LogP contribution >= 0.6 is 0 Å². The van der Waals surface area contributed by atoms with Crippen LogP contribution in [0.1, 0.15) is 16.7 Å². The molecule has 0 amide bonds. The first-order valence-corrected chi connectivity index (χ1v) is 5.42. The van der Waals surface area contributed by atoms with Gasteiger partial charge in [-0.15, -0.1) is 3.89 Å². The van der Waals surface area contributed by atoms with Gasteiger partial charge in [0.05, 0.1) is 0 Å². The fourth-order valence-electron chi connectivity index (χ4n) is 1.09. The Morgan fingerprint density at radius 3 is 2.31 bits per heavy atom. The number of rotatable bonds is 2. The van der Waals surface area contributed by atoms with Gasteiger partial charge in [0, 0.05) is 0 Å². The lowest BCUT2D eigenvalue weighted by atomic mass is 10.1. The highest BCUT2D eigenvalue weighted by Crippen LogP contribution is 2.12. The van der Waals surface area contributed by atoms with Gasteiger partial charge in [-0.3, -0.25) is 0 Å². The number of hydrogen-bond donors (Lipinski definition) is 0. The van der Waals surface area contributed by atoms with Crippen molar-refractivity contribution in [3.63, 3.8) is 0 Å². The third-order valence-corrected chi connectivity index (χ3v) is 2.59. The van der Waals surface area contributed by atoms with E-state index in [1.807, 2.05) is 13.8 Å². The highest BCUT2D eigenvalue weighted by molar-refractivity contribution is 7.85. The van der Waals surface area contributed by atoms with Gasteiger partial charge < -0.3 is 0 Å². The molecule has 1 aromatic carbocycles. The summed E-state index contributed by atoms with van der Waals surface area (Å²) >= 11 is 0. The fourth-order valence-corrected chi connectivity index (χ4v) is 1.67. The molecule has 0 unspecified atom stereocenters. The van der Waals surface area contributed by atoms with Crippen molar-refractivity contribution in [2.24, 2.45) is 0 Å². The van der Waals surface area contributed by atoms with Crippen LogP contribution in [0.4, 0.5) is 3.89 Å². The summed E-state index contributed by atoms with van der Waals surface area (Å²) in [6.07, 6.45) is 0. The largest absolute Gasteiger partial charge is 0.306 e. The maximum atomic E-state index is 12.3. The van der Waals surface area contributed by atoms with Crippen LogP contribution in [0, 0.1) is 13.8 Å². The van der Waals surface area contributed by atoms with Crippen molar-refractivity contribution in [3.05, 3.63) is 34.9 Å². The number of aryl methyl sites for hydroxylation is 2. The summed E-state index contributed by atoms with van der Waals surface area (Å²) < 4.78 is 32.9. The topological polar surface area (TPSA) is 34.1 Å². The minimum atomic E-state index is -4.41. The zero-order chi connectivity index (χ0) is 10.1. The monoisotopic (exact) mass is 202 g/mol. The zero-order valence-corrected chi connectivity index (χ0v) is 8.36. The molecule has 0 spiro atoms. The molecule has 0 aliphatic heterocycles. The van der Waals surface area contributed by atoms with Gasteiger partial charge in [0.1, 0.15) is 5.75 Å². The Labute approximate surface area is 77.6 Å². The van der Waals surface area contributed by atoms with Crippen molar-refractivity contribution < 1.29 is 12.3 Å². The van der Waals surface area contributed by atoms with E-state index in [0.717, 1.165) is 11.1 Å². The van der Waals surface area contributed by atoms with Gasteiger partial charge in [0.25, 0.3) is 0 Å². The van der Waals surface area contributed by atoms with Gasteiger partial charge in [-0.05, 0) is 30.5 Å². The van der Waals surface area contributed by atoms with E-state index in [1.54, 1.807) is 18.2 Å². The van der Waals surface area contributed by atoms with Gasteiger partial charge in [0.15, 0.2) is 0 Å². The SMILES string of the molecule is Cc1ccc(CS(=O)(=O)F)cc1C. The van der Waals surface area contributed by atoms with E-state index in [0.29, 0.717) is 5.56 Å². The molecule has 0 heterocycles. The molecule has 2 nitrogen and oxygen atoms in total. The maximum absolute atomic E-state index is 12.3. The van der Waals surface area contributed by atoms with Crippen LogP contribution in [0.25, 0.3) is 0 Å². The van der Waals surface area contributed by atoms with Crippen LogP contribution < -0.4 is 0 Å². The Bertz CT molecular complexity index is 410. The summed E-state index contributed by atoms with van der Waals surface area (Å²) in [5.41, 5.74) is 2.53. The van der Waals surface area contributed by atoms with E-state index in [-0.39, 0.29) is 0 Å². The van der Waals surface area contributed by atoms with Crippen molar-refractivity contribution >= 4 is 10.2 Å². The lowest BCUT2D eigenvalue weighted by Crippen LogP contribution is -1.96. The number of halogens is 1. The van der Waals surface area contributed by atoms with Gasteiger partial charge >= 0.3 is 10.2 Å². The summed E-state index contributed by atoms with van der Waals surface area (Å²) in [6.45, 7) is 3.78. The molecular weight excluding hydrogens is 191 g/mol. The van der Waals surface area contributed by atoms with Gasteiger partial charge in [-0.1, -0.05) is 18.2 Å². The summed E-state index contributed by atoms with van der Waals surface area (Å²) in [4.78, 5) is 0. The van der Waals surface area contributed by atoms with Crippen LogP contribution in [0.3, 0.4) is 0 Å². The first kappa shape index (κ1) is 10.2. The summed E-state index contributed by atoms with van der Waals surface area (Å²) in [5.74, 6) is -0.534. The predicted molar refractivity (Wildman–Crippen MR) is 49.6 cm³/mol. The Hall–Kier alpha value is -0.900. The van der Waals surface area contributed by atoms with E-state index >= 15 is 0 Å². The molecule has 1 rings (SSSR count). The Morgan fingerprint density at radius 2 is 1.85 bits per heavy atom. The lowest BCUT2D eigenvalue weighted by Gasteiger charge is -2.02. The smallest absolute Gasteiger partial charge is 0.194 e. The summed E-state index contributed by atoms with van der Waals surface area (Å²) in [6, 6.07) is 5.10. The molecule has 0 atom stereocenters. The van der Waals surface area contributed by atoms with E-state index in [4.69, 9.17) is 0 Å². The van der Waals surface area contributed by atoms with Crippen molar-refractivity contribution in [3.8, 4) is 0 Å². The van der Waals surface area contributed by atoms with Gasteiger partial charge in [-0.25, -0.2) is 0 Å². The van der Waals surface area contributed by atoms with Crippen molar-refractivity contribution in [2.75, 3.05) is 0 Å². The Balaban J connectivity index is 2.99. The molecule has 13 heavy (non-hydrogen) atoms. The molecule has 0 fully saturated rings. The summed E-state index contributed by atoms with van der Waals surface area (Å²) in [7, 11) is -4.41. The molecule has 0 saturated carbocycles. The number of hydrogen-bond acceptors (Lipinski definition) is 2. The van der Waals surface area contributed by atoms with Crippen LogP contribution in [0.2, 0.25) is 0 Å². The van der Waals surface area contributed by atoms with Crippen molar-refractivity contribution in [1.29, 1.82) is 0 Å². The highest BCUT2D eigenvalue weighted by Gasteiger charge is 2.08. The Morgan fingerprint density at radius 1 is 1.23 bits per heavy atom. The van der Waals surface area contributed by atoms with Crippen LogP contribution in [0.15, 0.2) is 18.2 Å². The quantitative estimate of drug-likeness (QED) is 0.688. The molecule has 4 heteroatoms. The number of benzene rings is 1. The first-order chi connectivity index (χ1) is 5.88. The normalized spacial score (nSPS) is 11.6. The Kier molecular flexibility index (Phi) is 2.71. The third-order valence-electron chi connectivity index (χ3n) is 1.91. The maximum Gasteiger partial charge on any atom is 0.306 e. The molecule has 0 saturated heterocycles. The van der Waals surface area contributed by atoms with Crippen molar-refractivity contribution in [2.45, 2.75) is 19.6 Å².